The van der Waals surface area contributed by atoms with Gasteiger partial charge in [-0.25, -0.2) is 4.79 Å². The number of benzene rings is 1. The summed E-state index contributed by atoms with van der Waals surface area (Å²) in [6.07, 6.45) is 0. The number of ether oxygens (including phenoxy) is 1. The highest BCUT2D eigenvalue weighted by molar-refractivity contribution is 6.31. The molecule has 0 aliphatic rings. The molecule has 1 aromatic carbocycles. The molecule has 0 radical (unpaired) electrons. The summed E-state index contributed by atoms with van der Waals surface area (Å²) in [6.45, 7) is 0.115. The van der Waals surface area contributed by atoms with E-state index in [0.29, 0.717) is 16.3 Å². The van der Waals surface area contributed by atoms with Gasteiger partial charge in [0.15, 0.2) is 0 Å². The molecule has 0 saturated carbocycles. The van der Waals surface area contributed by atoms with Crippen LogP contribution in [0, 0.1) is 0 Å². The number of halogens is 1. The van der Waals surface area contributed by atoms with E-state index in [0.717, 1.165) is 6.07 Å². The summed E-state index contributed by atoms with van der Waals surface area (Å²) in [6, 6.07) is 6.30. The molecule has 0 fully saturated rings. The Kier molecular flexibility index (Phi) is 3.62. The van der Waals surface area contributed by atoms with E-state index in [1.165, 1.54) is 11.7 Å². The van der Waals surface area contributed by atoms with E-state index in [1.807, 2.05) is 0 Å². The van der Waals surface area contributed by atoms with Gasteiger partial charge >= 0.3 is 5.69 Å². The average Bonchev–Trinajstić information content (AvgIpc) is 2.34. The number of rotatable bonds is 3. The molecule has 6 nitrogen and oxygen atoms in total. The molecule has 3 N–H and O–H groups in total. The van der Waals surface area contributed by atoms with Crippen molar-refractivity contribution in [2.24, 2.45) is 0 Å². The molecule has 0 aliphatic heterocycles. The molecule has 0 aliphatic carbocycles. The van der Waals surface area contributed by atoms with E-state index in [-0.39, 0.29) is 12.4 Å². The highest BCUT2D eigenvalue weighted by Gasteiger charge is 2.11. The van der Waals surface area contributed by atoms with Crippen LogP contribution < -0.4 is 21.7 Å². The summed E-state index contributed by atoms with van der Waals surface area (Å²) < 4.78 is 6.40. The van der Waals surface area contributed by atoms with Gasteiger partial charge in [0.2, 0.25) is 0 Å². The minimum absolute atomic E-state index is 0.0655. The monoisotopic (exact) mass is 281 g/mol. The summed E-state index contributed by atoms with van der Waals surface area (Å²) >= 11 is 6.09. The average molecular weight is 282 g/mol. The van der Waals surface area contributed by atoms with Crippen LogP contribution >= 0.6 is 11.6 Å². The van der Waals surface area contributed by atoms with Crippen LogP contribution in [-0.4, -0.2) is 16.7 Å². The number of nitrogens with zero attached hydrogens (tertiary/aromatic N) is 1. The number of hydrogen-bond acceptors (Lipinski definition) is 4. The number of nitrogens with one attached hydrogen (secondary N) is 1. The SMILES string of the molecule is COc1cccc(Cl)c1Cn1c(N)cc(=O)[nH]c1=O. The van der Waals surface area contributed by atoms with Gasteiger partial charge in [0.1, 0.15) is 11.6 Å². The number of aromatic amines is 1. The van der Waals surface area contributed by atoms with Crippen molar-refractivity contribution in [3.63, 3.8) is 0 Å². The summed E-state index contributed by atoms with van der Waals surface area (Å²) in [7, 11) is 1.51. The van der Waals surface area contributed by atoms with Crippen molar-refractivity contribution in [3.05, 3.63) is 55.7 Å². The summed E-state index contributed by atoms with van der Waals surface area (Å²) in [5, 5.41) is 0.455. The maximum Gasteiger partial charge on any atom is 0.330 e. The first-order valence-corrected chi connectivity index (χ1v) is 5.81. The third kappa shape index (κ3) is 2.63. The first-order valence-electron chi connectivity index (χ1n) is 5.44. The molecule has 7 heteroatoms. The molecule has 1 heterocycles. The highest BCUT2D eigenvalue weighted by atomic mass is 35.5. The number of H-pyrrole nitrogens is 1. The van der Waals surface area contributed by atoms with Crippen LogP contribution in [0.3, 0.4) is 0 Å². The zero-order valence-corrected chi connectivity index (χ0v) is 10.9. The van der Waals surface area contributed by atoms with Crippen LogP contribution in [0.4, 0.5) is 5.82 Å². The minimum atomic E-state index is -0.591. The van der Waals surface area contributed by atoms with Crippen molar-refractivity contribution in [3.8, 4) is 5.75 Å². The predicted octanol–water partition coefficient (Wildman–Crippen LogP) is 0.829. The van der Waals surface area contributed by atoms with Gasteiger partial charge in [-0.1, -0.05) is 17.7 Å². The quantitative estimate of drug-likeness (QED) is 0.872. The normalized spacial score (nSPS) is 10.4. The minimum Gasteiger partial charge on any atom is -0.496 e. The van der Waals surface area contributed by atoms with Crippen LogP contribution in [0.1, 0.15) is 5.56 Å². The second-order valence-corrected chi connectivity index (χ2v) is 4.28. The highest BCUT2D eigenvalue weighted by Crippen LogP contribution is 2.26. The Balaban J connectivity index is 2.54. The molecule has 1 aromatic heterocycles. The second-order valence-electron chi connectivity index (χ2n) is 3.87. The van der Waals surface area contributed by atoms with Crippen molar-refractivity contribution in [1.29, 1.82) is 0 Å². The Morgan fingerprint density at radius 3 is 2.79 bits per heavy atom. The lowest BCUT2D eigenvalue weighted by molar-refractivity contribution is 0.408. The van der Waals surface area contributed by atoms with Gasteiger partial charge in [-0.3, -0.25) is 14.3 Å². The third-order valence-corrected chi connectivity index (χ3v) is 3.03. The first kappa shape index (κ1) is 13.2. The third-order valence-electron chi connectivity index (χ3n) is 2.68. The van der Waals surface area contributed by atoms with E-state index in [1.54, 1.807) is 18.2 Å². The molecule has 0 amide bonds. The van der Waals surface area contributed by atoms with Gasteiger partial charge in [-0.2, -0.15) is 0 Å². The molecule has 0 saturated heterocycles. The fourth-order valence-corrected chi connectivity index (χ4v) is 1.97. The summed E-state index contributed by atoms with van der Waals surface area (Å²) in [5.74, 6) is 0.612. The lowest BCUT2D eigenvalue weighted by Crippen LogP contribution is -2.31. The van der Waals surface area contributed by atoms with Gasteiger partial charge in [0, 0.05) is 16.7 Å². The standard InChI is InChI=1S/C12H12ClN3O3/c1-19-9-4-2-3-8(13)7(9)6-16-10(14)5-11(17)15-12(16)18/h2-5H,6,14H2,1H3,(H,15,17,18). The Morgan fingerprint density at radius 2 is 2.16 bits per heavy atom. The number of nitrogens with two attached hydrogens (primary N) is 1. The smallest absolute Gasteiger partial charge is 0.330 e. The zero-order valence-electron chi connectivity index (χ0n) is 10.1. The van der Waals surface area contributed by atoms with Gasteiger partial charge < -0.3 is 10.5 Å². The summed E-state index contributed by atoms with van der Waals surface area (Å²) in [4.78, 5) is 25.0. The van der Waals surface area contributed by atoms with Crippen molar-refractivity contribution >= 4 is 17.4 Å². The molecule has 0 atom stereocenters. The number of anilines is 1. The molecular weight excluding hydrogens is 270 g/mol. The molecule has 19 heavy (non-hydrogen) atoms. The molecule has 100 valence electrons. The number of methoxy groups -OCH3 is 1. The van der Waals surface area contributed by atoms with Gasteiger partial charge in [0.25, 0.3) is 5.56 Å². The zero-order chi connectivity index (χ0) is 14.0. The number of nitrogen functional groups attached to an aromatic ring is 1. The van der Waals surface area contributed by atoms with E-state index in [2.05, 4.69) is 4.98 Å². The maximum absolute atomic E-state index is 11.7. The number of hydrogen-bond donors (Lipinski definition) is 2. The fourth-order valence-electron chi connectivity index (χ4n) is 1.74. The lowest BCUT2D eigenvalue weighted by atomic mass is 10.2. The summed E-state index contributed by atoms with van der Waals surface area (Å²) in [5.41, 5.74) is 5.16. The van der Waals surface area contributed by atoms with E-state index >= 15 is 0 Å². The van der Waals surface area contributed by atoms with E-state index in [4.69, 9.17) is 22.1 Å². The largest absolute Gasteiger partial charge is 0.496 e. The van der Waals surface area contributed by atoms with Crippen molar-refractivity contribution < 1.29 is 4.74 Å². The molecule has 0 spiro atoms. The molecule has 2 rings (SSSR count). The van der Waals surface area contributed by atoms with Crippen molar-refractivity contribution in [1.82, 2.24) is 9.55 Å². The Labute approximate surface area is 113 Å². The van der Waals surface area contributed by atoms with Gasteiger partial charge in [-0.15, -0.1) is 0 Å². The Bertz CT molecular complexity index is 721. The van der Waals surface area contributed by atoms with Crippen LogP contribution in [0.25, 0.3) is 0 Å². The fraction of sp³-hybridized carbons (Fsp3) is 0.167. The van der Waals surface area contributed by atoms with Crippen LogP contribution in [0.15, 0.2) is 33.9 Å². The van der Waals surface area contributed by atoms with Gasteiger partial charge in [-0.05, 0) is 12.1 Å². The van der Waals surface area contributed by atoms with Gasteiger partial charge in [0.05, 0.1) is 13.7 Å². The second kappa shape index (κ2) is 5.19. The van der Waals surface area contributed by atoms with E-state index < -0.39 is 11.2 Å². The van der Waals surface area contributed by atoms with Crippen molar-refractivity contribution in [2.45, 2.75) is 6.54 Å². The maximum atomic E-state index is 11.7. The van der Waals surface area contributed by atoms with E-state index in [9.17, 15) is 9.59 Å². The Morgan fingerprint density at radius 1 is 1.42 bits per heavy atom. The predicted molar refractivity (Wildman–Crippen MR) is 72.8 cm³/mol. The lowest BCUT2D eigenvalue weighted by Gasteiger charge is -2.13. The molecule has 0 bridgehead atoms. The molecule has 0 unspecified atom stereocenters. The topological polar surface area (TPSA) is 90.1 Å². The molecular formula is C12H12ClN3O3. The number of aromatic nitrogens is 2. The first-order chi connectivity index (χ1) is 9.02. The van der Waals surface area contributed by atoms with Crippen LogP contribution in [-0.2, 0) is 6.54 Å². The molecule has 2 aromatic rings. The van der Waals surface area contributed by atoms with Crippen LogP contribution in [0.5, 0.6) is 5.75 Å². The Hall–Kier alpha value is -2.21. The van der Waals surface area contributed by atoms with Crippen LogP contribution in [0.2, 0.25) is 5.02 Å². The van der Waals surface area contributed by atoms with Crippen molar-refractivity contribution in [2.75, 3.05) is 12.8 Å².